The summed E-state index contributed by atoms with van der Waals surface area (Å²) in [6.45, 7) is 0. The highest BCUT2D eigenvalue weighted by Gasteiger charge is 2.33. The summed E-state index contributed by atoms with van der Waals surface area (Å²) >= 11 is 0. The van der Waals surface area contributed by atoms with E-state index in [2.05, 4.69) is 0 Å². The normalized spacial score (nSPS) is 49.2. The van der Waals surface area contributed by atoms with E-state index in [0.29, 0.717) is 0 Å². The molecule has 0 amide bonds. The molecule has 59 valence electrons. The molecule has 4 N–H and O–H groups in total. The summed E-state index contributed by atoms with van der Waals surface area (Å²) in [5.41, 5.74) is 0. The SMILES string of the molecule is OC1[CH]C(O)C(O)CC1O. The lowest BCUT2D eigenvalue weighted by Crippen LogP contribution is -2.45. The van der Waals surface area contributed by atoms with Gasteiger partial charge in [-0.3, -0.25) is 0 Å². The predicted molar refractivity (Wildman–Crippen MR) is 32.9 cm³/mol. The molecule has 1 rings (SSSR count). The van der Waals surface area contributed by atoms with Crippen LogP contribution in [0.25, 0.3) is 0 Å². The van der Waals surface area contributed by atoms with Crippen molar-refractivity contribution in [3.8, 4) is 0 Å². The molecular formula is C6H11O4. The lowest BCUT2D eigenvalue weighted by molar-refractivity contribution is -0.0740. The second-order valence-corrected chi connectivity index (χ2v) is 2.54. The van der Waals surface area contributed by atoms with E-state index in [0.717, 1.165) is 6.42 Å². The van der Waals surface area contributed by atoms with Crippen LogP contribution in [0.2, 0.25) is 0 Å². The Morgan fingerprint density at radius 1 is 0.900 bits per heavy atom. The quantitative estimate of drug-likeness (QED) is 0.320. The van der Waals surface area contributed by atoms with Gasteiger partial charge in [-0.15, -0.1) is 0 Å². The Kier molecular flexibility index (Phi) is 2.25. The van der Waals surface area contributed by atoms with Crippen LogP contribution in [0.5, 0.6) is 0 Å². The van der Waals surface area contributed by atoms with Crippen LogP contribution in [0.1, 0.15) is 6.42 Å². The molecule has 4 heteroatoms. The van der Waals surface area contributed by atoms with E-state index in [4.69, 9.17) is 20.4 Å². The van der Waals surface area contributed by atoms with Crippen molar-refractivity contribution in [1.29, 1.82) is 0 Å². The Balaban J connectivity index is 2.46. The van der Waals surface area contributed by atoms with Crippen LogP contribution in [-0.2, 0) is 0 Å². The maximum atomic E-state index is 8.91. The van der Waals surface area contributed by atoms with Gasteiger partial charge in [0.2, 0.25) is 0 Å². The number of rotatable bonds is 0. The van der Waals surface area contributed by atoms with E-state index in [-0.39, 0.29) is 6.42 Å². The third-order valence-electron chi connectivity index (χ3n) is 1.67. The summed E-state index contributed by atoms with van der Waals surface area (Å²) in [5.74, 6) is 0. The summed E-state index contributed by atoms with van der Waals surface area (Å²) in [7, 11) is 0. The van der Waals surface area contributed by atoms with Crippen LogP contribution in [0.15, 0.2) is 0 Å². The molecule has 0 heterocycles. The number of hydrogen-bond acceptors (Lipinski definition) is 4. The van der Waals surface area contributed by atoms with Crippen LogP contribution in [0.4, 0.5) is 0 Å². The van der Waals surface area contributed by atoms with Crippen molar-refractivity contribution in [2.24, 2.45) is 0 Å². The van der Waals surface area contributed by atoms with E-state index in [1.165, 1.54) is 0 Å². The average Bonchev–Trinajstić information content (AvgIpc) is 1.84. The Morgan fingerprint density at radius 2 is 1.30 bits per heavy atom. The standard InChI is InChI=1S/C6H11O4/c7-3-1-4(8)6(10)2-5(3)9/h1,3-10H,2H2. The van der Waals surface area contributed by atoms with Gasteiger partial charge < -0.3 is 20.4 Å². The third kappa shape index (κ3) is 1.46. The molecule has 0 saturated heterocycles. The van der Waals surface area contributed by atoms with Crippen molar-refractivity contribution in [3.63, 3.8) is 0 Å². The first-order valence-corrected chi connectivity index (χ1v) is 3.18. The van der Waals surface area contributed by atoms with Crippen LogP contribution in [0.3, 0.4) is 0 Å². The molecule has 1 aliphatic rings. The molecule has 1 aliphatic carbocycles. The van der Waals surface area contributed by atoms with Gasteiger partial charge in [0.05, 0.1) is 24.4 Å². The second kappa shape index (κ2) is 2.84. The minimum absolute atomic E-state index is 0.0266. The van der Waals surface area contributed by atoms with E-state index in [1.807, 2.05) is 0 Å². The topological polar surface area (TPSA) is 80.9 Å². The summed E-state index contributed by atoms with van der Waals surface area (Å²) in [6.07, 6.45) is -2.77. The van der Waals surface area contributed by atoms with Crippen molar-refractivity contribution >= 4 is 0 Å². The molecular weight excluding hydrogens is 136 g/mol. The molecule has 0 aliphatic heterocycles. The Labute approximate surface area is 58.7 Å². The molecule has 1 radical (unpaired) electrons. The summed E-state index contributed by atoms with van der Waals surface area (Å²) < 4.78 is 0. The average molecular weight is 147 g/mol. The zero-order chi connectivity index (χ0) is 7.72. The zero-order valence-electron chi connectivity index (χ0n) is 5.38. The van der Waals surface area contributed by atoms with Gasteiger partial charge in [-0.2, -0.15) is 0 Å². The van der Waals surface area contributed by atoms with Gasteiger partial charge in [0, 0.05) is 12.8 Å². The minimum atomic E-state index is -1.02. The van der Waals surface area contributed by atoms with E-state index >= 15 is 0 Å². The van der Waals surface area contributed by atoms with Gasteiger partial charge in [-0.1, -0.05) is 0 Å². The van der Waals surface area contributed by atoms with Crippen molar-refractivity contribution in [2.75, 3.05) is 0 Å². The van der Waals surface area contributed by atoms with Crippen molar-refractivity contribution in [1.82, 2.24) is 0 Å². The number of aliphatic hydroxyl groups excluding tert-OH is 4. The van der Waals surface area contributed by atoms with Crippen LogP contribution in [0, 0.1) is 6.42 Å². The Hall–Kier alpha value is -0.160. The fourth-order valence-corrected chi connectivity index (χ4v) is 0.985. The summed E-state index contributed by atoms with van der Waals surface area (Å²) in [6, 6.07) is 0. The largest absolute Gasteiger partial charge is 0.390 e. The highest BCUT2D eigenvalue weighted by atomic mass is 16.4. The molecule has 0 spiro atoms. The predicted octanol–water partition coefficient (Wildman–Crippen LogP) is -1.96. The Morgan fingerprint density at radius 3 is 1.60 bits per heavy atom. The van der Waals surface area contributed by atoms with E-state index in [9.17, 15) is 0 Å². The molecule has 10 heavy (non-hydrogen) atoms. The highest BCUT2D eigenvalue weighted by Crippen LogP contribution is 2.18. The van der Waals surface area contributed by atoms with Crippen LogP contribution in [-0.4, -0.2) is 44.8 Å². The minimum Gasteiger partial charge on any atom is -0.390 e. The first-order chi connectivity index (χ1) is 4.61. The second-order valence-electron chi connectivity index (χ2n) is 2.54. The zero-order valence-corrected chi connectivity index (χ0v) is 5.38. The van der Waals surface area contributed by atoms with Gasteiger partial charge in [0.25, 0.3) is 0 Å². The molecule has 1 fully saturated rings. The molecule has 4 atom stereocenters. The Bertz CT molecular complexity index is 90.3. The van der Waals surface area contributed by atoms with E-state index < -0.39 is 24.4 Å². The third-order valence-corrected chi connectivity index (χ3v) is 1.67. The number of hydrogen-bond donors (Lipinski definition) is 4. The van der Waals surface area contributed by atoms with Gasteiger partial charge >= 0.3 is 0 Å². The number of aliphatic hydroxyl groups is 4. The highest BCUT2D eigenvalue weighted by molar-refractivity contribution is 4.98. The maximum Gasteiger partial charge on any atom is 0.0858 e. The van der Waals surface area contributed by atoms with Crippen molar-refractivity contribution in [2.45, 2.75) is 30.8 Å². The van der Waals surface area contributed by atoms with Crippen LogP contribution < -0.4 is 0 Å². The molecule has 4 nitrogen and oxygen atoms in total. The van der Waals surface area contributed by atoms with Crippen LogP contribution >= 0.6 is 0 Å². The van der Waals surface area contributed by atoms with Gasteiger partial charge in [-0.05, 0) is 0 Å². The fraction of sp³-hybridized carbons (Fsp3) is 0.833. The first-order valence-electron chi connectivity index (χ1n) is 3.18. The molecule has 4 unspecified atom stereocenters. The molecule has 0 bridgehead atoms. The smallest absolute Gasteiger partial charge is 0.0858 e. The van der Waals surface area contributed by atoms with Crippen molar-refractivity contribution < 1.29 is 20.4 Å². The molecule has 0 aromatic heterocycles. The van der Waals surface area contributed by atoms with Gasteiger partial charge in [0.15, 0.2) is 0 Å². The maximum absolute atomic E-state index is 8.91. The summed E-state index contributed by atoms with van der Waals surface area (Å²) in [5, 5.41) is 35.6. The fourth-order valence-electron chi connectivity index (χ4n) is 0.985. The monoisotopic (exact) mass is 147 g/mol. The van der Waals surface area contributed by atoms with E-state index in [1.54, 1.807) is 0 Å². The summed E-state index contributed by atoms with van der Waals surface area (Å²) in [4.78, 5) is 0. The molecule has 0 aromatic carbocycles. The van der Waals surface area contributed by atoms with Gasteiger partial charge in [0.1, 0.15) is 0 Å². The molecule has 1 saturated carbocycles. The van der Waals surface area contributed by atoms with Crippen molar-refractivity contribution in [3.05, 3.63) is 6.42 Å². The molecule has 0 aromatic rings. The first kappa shape index (κ1) is 7.94. The lowest BCUT2D eigenvalue weighted by Gasteiger charge is -2.30. The van der Waals surface area contributed by atoms with Gasteiger partial charge in [-0.25, -0.2) is 0 Å². The lowest BCUT2D eigenvalue weighted by atomic mass is 9.90.